The monoisotopic (exact) mass is 597 g/mol. The zero-order valence-corrected chi connectivity index (χ0v) is 25.5. The molecule has 0 radical (unpaired) electrons. The summed E-state index contributed by atoms with van der Waals surface area (Å²) in [5, 5.41) is 13.7. The highest BCUT2D eigenvalue weighted by molar-refractivity contribution is 5.91. The van der Waals surface area contributed by atoms with Crippen LogP contribution in [0.15, 0.2) is 18.2 Å². The quantitative estimate of drug-likeness (QED) is 0.513. The van der Waals surface area contributed by atoms with Crippen molar-refractivity contribution < 1.29 is 38.4 Å². The minimum atomic E-state index is -1.11. The summed E-state index contributed by atoms with van der Waals surface area (Å²) in [6.45, 7) is 4.34. The first-order valence-electron chi connectivity index (χ1n) is 15.3. The number of pyridine rings is 1. The maximum Gasteiger partial charge on any atom is 0.407 e. The van der Waals surface area contributed by atoms with Crippen LogP contribution < -0.4 is 19.5 Å². The van der Waals surface area contributed by atoms with Crippen LogP contribution in [0.2, 0.25) is 0 Å². The van der Waals surface area contributed by atoms with E-state index < -0.39 is 36.2 Å². The van der Waals surface area contributed by atoms with E-state index in [-0.39, 0.29) is 30.9 Å². The number of ether oxygens (including phenoxy) is 4. The standard InChI is InChI=1S/C32H43N3O8/c1-32(2)12-8-11-20-13-22-23(15-25(20)40-3)33-27(41-4)16-26(22)43-21-14-24(30(37)38)35(17-21)29(36)28(34-31(39)42-18-32)19-9-6-5-7-10-19/h13,15-16,19,21,24,28H,5-12,14,17-18H2,1-4H3,(H,34,39)(H,37,38)/t21-,24+,28+/m1/s1. The molecule has 1 aromatic carbocycles. The molecule has 11 heteroatoms. The van der Waals surface area contributed by atoms with Gasteiger partial charge < -0.3 is 34.3 Å². The zero-order chi connectivity index (χ0) is 30.7. The third kappa shape index (κ3) is 6.91. The Morgan fingerprint density at radius 3 is 2.56 bits per heavy atom. The van der Waals surface area contributed by atoms with E-state index in [1.807, 2.05) is 26.0 Å². The van der Waals surface area contributed by atoms with Crippen LogP contribution in [0.3, 0.4) is 0 Å². The molecule has 0 spiro atoms. The summed E-state index contributed by atoms with van der Waals surface area (Å²) in [4.78, 5) is 45.5. The number of hydrogen-bond donors (Lipinski definition) is 2. The molecule has 3 atom stereocenters. The Bertz CT molecular complexity index is 1360. The molecular formula is C32H43N3O8. The van der Waals surface area contributed by atoms with Crippen LogP contribution in [-0.4, -0.2) is 78.5 Å². The second-order valence-corrected chi connectivity index (χ2v) is 12.8. The van der Waals surface area contributed by atoms with E-state index in [1.165, 1.54) is 12.0 Å². The number of aryl methyl sites for hydroxylation is 1. The number of carbonyl (C=O) groups is 3. The van der Waals surface area contributed by atoms with Gasteiger partial charge in [-0.3, -0.25) is 4.79 Å². The number of alkyl carbamates (subject to hydrolysis) is 1. The van der Waals surface area contributed by atoms with E-state index in [0.717, 1.165) is 62.3 Å². The lowest BCUT2D eigenvalue weighted by molar-refractivity contribution is -0.149. The summed E-state index contributed by atoms with van der Waals surface area (Å²) in [6, 6.07) is 3.60. The van der Waals surface area contributed by atoms with Crippen LogP contribution >= 0.6 is 0 Å². The first-order valence-corrected chi connectivity index (χ1v) is 15.3. The second kappa shape index (κ2) is 12.9. The molecule has 43 heavy (non-hydrogen) atoms. The van der Waals surface area contributed by atoms with Crippen molar-refractivity contribution in [3.05, 3.63) is 23.8 Å². The molecule has 2 aliphatic heterocycles. The minimum Gasteiger partial charge on any atom is -0.496 e. The predicted octanol–water partition coefficient (Wildman–Crippen LogP) is 4.72. The highest BCUT2D eigenvalue weighted by atomic mass is 16.5. The fourth-order valence-corrected chi connectivity index (χ4v) is 6.66. The summed E-state index contributed by atoms with van der Waals surface area (Å²) >= 11 is 0. The average Bonchev–Trinajstić information content (AvgIpc) is 3.42. The number of nitrogens with one attached hydrogen (secondary N) is 1. The largest absolute Gasteiger partial charge is 0.496 e. The van der Waals surface area contributed by atoms with E-state index in [1.54, 1.807) is 13.2 Å². The highest BCUT2D eigenvalue weighted by Gasteiger charge is 2.45. The van der Waals surface area contributed by atoms with Gasteiger partial charge in [-0.2, -0.15) is 0 Å². The molecule has 4 bridgehead atoms. The van der Waals surface area contributed by atoms with Gasteiger partial charge in [-0.15, -0.1) is 0 Å². The molecule has 2 amide bonds. The first-order chi connectivity index (χ1) is 20.6. The number of hydrogen-bond acceptors (Lipinski definition) is 8. The van der Waals surface area contributed by atoms with Crippen molar-refractivity contribution in [2.24, 2.45) is 11.3 Å². The average molecular weight is 598 g/mol. The first kappa shape index (κ1) is 30.7. The lowest BCUT2D eigenvalue weighted by atomic mass is 9.83. The number of fused-ring (bicyclic) bond motifs is 3. The molecule has 2 fully saturated rings. The summed E-state index contributed by atoms with van der Waals surface area (Å²) < 4.78 is 23.3. The summed E-state index contributed by atoms with van der Waals surface area (Å²) in [7, 11) is 3.14. The van der Waals surface area contributed by atoms with Crippen molar-refractivity contribution in [1.29, 1.82) is 0 Å². The van der Waals surface area contributed by atoms with Gasteiger partial charge in [-0.1, -0.05) is 33.1 Å². The van der Waals surface area contributed by atoms with Gasteiger partial charge in [0.15, 0.2) is 0 Å². The van der Waals surface area contributed by atoms with Crippen LogP contribution in [-0.2, 0) is 20.7 Å². The number of nitrogens with zero attached hydrogens (tertiary/aromatic N) is 2. The number of carbonyl (C=O) groups excluding carboxylic acids is 2. The number of rotatable bonds is 4. The normalized spacial score (nSPS) is 25.3. The van der Waals surface area contributed by atoms with Crippen LogP contribution in [0.5, 0.6) is 17.4 Å². The van der Waals surface area contributed by atoms with E-state index in [2.05, 4.69) is 10.3 Å². The van der Waals surface area contributed by atoms with E-state index in [4.69, 9.17) is 18.9 Å². The Labute approximate surface area is 252 Å². The molecule has 1 saturated carbocycles. The Balaban J connectivity index is 1.55. The molecule has 2 N–H and O–H groups in total. The van der Waals surface area contributed by atoms with Crippen molar-refractivity contribution in [1.82, 2.24) is 15.2 Å². The van der Waals surface area contributed by atoms with Crippen molar-refractivity contribution in [2.45, 2.75) is 89.8 Å². The number of benzene rings is 1. The molecule has 1 saturated heterocycles. The number of cyclic esters (lactones) is 1. The Morgan fingerprint density at radius 1 is 1.09 bits per heavy atom. The summed E-state index contributed by atoms with van der Waals surface area (Å²) in [5.74, 6) is -0.0701. The molecule has 11 nitrogen and oxygen atoms in total. The smallest absolute Gasteiger partial charge is 0.407 e. The molecule has 234 valence electrons. The number of aromatic nitrogens is 1. The molecule has 3 aliphatic rings. The molecule has 2 aromatic rings. The molecule has 1 aliphatic carbocycles. The maximum absolute atomic E-state index is 14.1. The predicted molar refractivity (Wildman–Crippen MR) is 159 cm³/mol. The van der Waals surface area contributed by atoms with Crippen LogP contribution in [0.25, 0.3) is 10.9 Å². The Morgan fingerprint density at radius 2 is 1.86 bits per heavy atom. The molecule has 1 aromatic heterocycles. The lowest BCUT2D eigenvalue weighted by Crippen LogP contribution is -2.55. The van der Waals surface area contributed by atoms with Crippen molar-refractivity contribution >= 4 is 28.9 Å². The van der Waals surface area contributed by atoms with Gasteiger partial charge >= 0.3 is 12.1 Å². The van der Waals surface area contributed by atoms with Gasteiger partial charge in [0.1, 0.15) is 29.7 Å². The van der Waals surface area contributed by atoms with Crippen LogP contribution in [0.4, 0.5) is 4.79 Å². The van der Waals surface area contributed by atoms with Crippen molar-refractivity contribution in [3.8, 4) is 17.4 Å². The van der Waals surface area contributed by atoms with Gasteiger partial charge in [0.2, 0.25) is 11.8 Å². The topological polar surface area (TPSA) is 137 Å². The maximum atomic E-state index is 14.1. The number of aliphatic carboxylic acids is 1. The summed E-state index contributed by atoms with van der Waals surface area (Å²) in [5.41, 5.74) is 1.29. The van der Waals surface area contributed by atoms with Gasteiger partial charge in [-0.05, 0) is 55.1 Å². The summed E-state index contributed by atoms with van der Waals surface area (Å²) in [6.07, 6.45) is 5.72. The second-order valence-electron chi connectivity index (χ2n) is 12.8. The molecular weight excluding hydrogens is 554 g/mol. The highest BCUT2D eigenvalue weighted by Crippen LogP contribution is 2.37. The number of amides is 2. The molecule has 5 rings (SSSR count). The lowest BCUT2D eigenvalue weighted by Gasteiger charge is -2.34. The zero-order valence-electron chi connectivity index (χ0n) is 25.5. The Hall–Kier alpha value is -3.76. The van der Waals surface area contributed by atoms with E-state index in [9.17, 15) is 19.5 Å². The minimum absolute atomic E-state index is 0.0674. The number of methoxy groups -OCH3 is 2. The Kier molecular flexibility index (Phi) is 9.17. The number of carboxylic acids is 1. The van der Waals surface area contributed by atoms with Gasteiger partial charge in [-0.25, -0.2) is 14.6 Å². The van der Waals surface area contributed by atoms with Crippen LogP contribution in [0.1, 0.15) is 70.8 Å². The van der Waals surface area contributed by atoms with Crippen molar-refractivity contribution in [3.63, 3.8) is 0 Å². The van der Waals surface area contributed by atoms with Crippen molar-refractivity contribution in [2.75, 3.05) is 27.4 Å². The van der Waals surface area contributed by atoms with E-state index in [0.29, 0.717) is 22.9 Å². The third-order valence-corrected chi connectivity index (χ3v) is 9.04. The molecule has 0 unspecified atom stereocenters. The number of carboxylic acid groups (broad SMARTS) is 1. The fraction of sp³-hybridized carbons (Fsp3) is 0.625. The van der Waals surface area contributed by atoms with Gasteiger partial charge in [0.05, 0.1) is 32.9 Å². The third-order valence-electron chi connectivity index (χ3n) is 9.04. The van der Waals surface area contributed by atoms with Gasteiger partial charge in [0.25, 0.3) is 0 Å². The SMILES string of the molecule is COc1cc2c3cc(c(OC)cc3n1)CCCC(C)(C)COC(=O)N[C@@H](C1CCCCC1)C(=O)N1C[C@@H](C[C@H]1C(=O)O)O2. The molecule has 3 heterocycles. The van der Waals surface area contributed by atoms with E-state index >= 15 is 0 Å². The fourth-order valence-electron chi connectivity index (χ4n) is 6.66. The van der Waals surface area contributed by atoms with Crippen LogP contribution in [0, 0.1) is 11.3 Å². The van der Waals surface area contributed by atoms with Gasteiger partial charge in [0, 0.05) is 23.9 Å².